The van der Waals surface area contributed by atoms with Gasteiger partial charge in [-0.05, 0) is 64.3 Å². The molecule has 2 unspecified atom stereocenters. The van der Waals surface area contributed by atoms with E-state index in [4.69, 9.17) is 0 Å². The molecule has 24 heavy (non-hydrogen) atoms. The van der Waals surface area contributed by atoms with Crippen molar-refractivity contribution in [3.8, 4) is 0 Å². The van der Waals surface area contributed by atoms with Crippen LogP contribution in [0.1, 0.15) is 51.0 Å². The minimum absolute atomic E-state index is 0.766. The topological polar surface area (TPSA) is 18.5 Å². The van der Waals surface area contributed by atoms with E-state index in [1.165, 1.54) is 57.2 Å². The molecule has 2 heterocycles. The van der Waals surface area contributed by atoms with Gasteiger partial charge in [0.25, 0.3) is 0 Å². The van der Waals surface area contributed by atoms with E-state index >= 15 is 0 Å². The Morgan fingerprint density at radius 2 is 1.83 bits per heavy atom. The van der Waals surface area contributed by atoms with Gasteiger partial charge >= 0.3 is 0 Å². The number of hydrogen-bond acceptors (Lipinski definition) is 3. The van der Waals surface area contributed by atoms with Crippen LogP contribution in [-0.4, -0.2) is 54.6 Å². The number of fused-ring (bicyclic) bond motifs is 2. The van der Waals surface area contributed by atoms with Crippen LogP contribution in [0, 0.1) is 0 Å². The van der Waals surface area contributed by atoms with Crippen molar-refractivity contribution < 1.29 is 0 Å². The molecule has 0 spiro atoms. The van der Waals surface area contributed by atoms with Crippen molar-refractivity contribution in [2.75, 3.05) is 26.7 Å². The summed E-state index contributed by atoms with van der Waals surface area (Å²) in [4.78, 5) is 5.32. The van der Waals surface area contributed by atoms with Crippen LogP contribution in [0.5, 0.6) is 0 Å². The van der Waals surface area contributed by atoms with E-state index in [9.17, 15) is 0 Å². The summed E-state index contributed by atoms with van der Waals surface area (Å²) in [5.41, 5.74) is 1.42. The molecule has 0 amide bonds. The van der Waals surface area contributed by atoms with Gasteiger partial charge in [0, 0.05) is 24.7 Å². The first-order valence-electron chi connectivity index (χ1n) is 9.98. The Hall–Kier alpha value is -0.900. The van der Waals surface area contributed by atoms with Crippen molar-refractivity contribution in [3.63, 3.8) is 0 Å². The minimum Gasteiger partial charge on any atom is -0.314 e. The number of rotatable bonds is 8. The highest BCUT2D eigenvalue weighted by molar-refractivity contribution is 5.14. The van der Waals surface area contributed by atoms with Crippen LogP contribution in [0.25, 0.3) is 0 Å². The van der Waals surface area contributed by atoms with E-state index in [1.54, 1.807) is 0 Å². The number of nitrogens with zero attached hydrogens (tertiary/aromatic N) is 2. The minimum atomic E-state index is 0.766. The molecule has 1 aromatic carbocycles. The zero-order valence-electron chi connectivity index (χ0n) is 15.6. The smallest absolute Gasteiger partial charge is 0.0230 e. The Bertz CT molecular complexity index is 461. The third-order valence-corrected chi connectivity index (χ3v) is 5.87. The summed E-state index contributed by atoms with van der Waals surface area (Å²) >= 11 is 0. The fraction of sp³-hybridized carbons (Fsp3) is 0.714. The molecule has 3 nitrogen and oxygen atoms in total. The number of benzene rings is 1. The second kappa shape index (κ2) is 8.98. The predicted molar refractivity (Wildman–Crippen MR) is 102 cm³/mol. The fourth-order valence-corrected chi connectivity index (χ4v) is 4.80. The van der Waals surface area contributed by atoms with Gasteiger partial charge in [0.1, 0.15) is 0 Å². The molecule has 2 atom stereocenters. The first-order chi connectivity index (χ1) is 11.8. The molecular formula is C21H35N3. The molecule has 0 radical (unpaired) electrons. The summed E-state index contributed by atoms with van der Waals surface area (Å²) in [6, 6.07) is 13.3. The largest absolute Gasteiger partial charge is 0.314 e. The first kappa shape index (κ1) is 17.9. The van der Waals surface area contributed by atoms with Gasteiger partial charge in [-0.2, -0.15) is 0 Å². The second-order valence-corrected chi connectivity index (χ2v) is 7.78. The molecule has 2 aliphatic heterocycles. The van der Waals surface area contributed by atoms with Gasteiger partial charge in [0.2, 0.25) is 0 Å². The molecule has 3 heteroatoms. The SMILES string of the molecule is CCNC1CC2CCCC(C1)N2CCCN(C)Cc1ccccc1. The highest BCUT2D eigenvalue weighted by atomic mass is 15.2. The monoisotopic (exact) mass is 329 g/mol. The van der Waals surface area contributed by atoms with Crippen molar-refractivity contribution in [1.29, 1.82) is 0 Å². The molecule has 1 N–H and O–H groups in total. The van der Waals surface area contributed by atoms with E-state index < -0.39 is 0 Å². The molecule has 0 saturated carbocycles. The summed E-state index contributed by atoms with van der Waals surface area (Å²) in [7, 11) is 2.26. The van der Waals surface area contributed by atoms with Crippen LogP contribution in [-0.2, 0) is 6.54 Å². The second-order valence-electron chi connectivity index (χ2n) is 7.78. The van der Waals surface area contributed by atoms with Gasteiger partial charge in [0.05, 0.1) is 0 Å². The third kappa shape index (κ3) is 4.81. The molecule has 2 bridgehead atoms. The summed E-state index contributed by atoms with van der Waals surface area (Å²) in [5.74, 6) is 0. The van der Waals surface area contributed by atoms with Crippen molar-refractivity contribution in [2.24, 2.45) is 0 Å². The molecule has 2 aliphatic rings. The average molecular weight is 330 g/mol. The lowest BCUT2D eigenvalue weighted by Gasteiger charge is -2.49. The van der Waals surface area contributed by atoms with E-state index in [-0.39, 0.29) is 0 Å². The van der Waals surface area contributed by atoms with Gasteiger partial charge in [-0.1, -0.05) is 43.7 Å². The zero-order chi connectivity index (χ0) is 16.8. The summed E-state index contributed by atoms with van der Waals surface area (Å²) in [5, 5.41) is 3.70. The van der Waals surface area contributed by atoms with Crippen LogP contribution in [0.2, 0.25) is 0 Å². The predicted octanol–water partition coefficient (Wildman–Crippen LogP) is 3.50. The Morgan fingerprint density at radius 3 is 2.50 bits per heavy atom. The van der Waals surface area contributed by atoms with Crippen LogP contribution in [0.3, 0.4) is 0 Å². The molecule has 2 saturated heterocycles. The van der Waals surface area contributed by atoms with Crippen LogP contribution < -0.4 is 5.32 Å². The summed E-state index contributed by atoms with van der Waals surface area (Å²) < 4.78 is 0. The van der Waals surface area contributed by atoms with E-state index in [2.05, 4.69) is 59.4 Å². The van der Waals surface area contributed by atoms with Gasteiger partial charge < -0.3 is 10.2 Å². The van der Waals surface area contributed by atoms with E-state index in [0.717, 1.165) is 31.2 Å². The zero-order valence-corrected chi connectivity index (χ0v) is 15.6. The van der Waals surface area contributed by atoms with Crippen molar-refractivity contribution in [2.45, 2.75) is 70.1 Å². The lowest BCUT2D eigenvalue weighted by atomic mass is 9.81. The lowest BCUT2D eigenvalue weighted by molar-refractivity contribution is 0.0223. The highest BCUT2D eigenvalue weighted by Crippen LogP contribution is 2.34. The molecular weight excluding hydrogens is 294 g/mol. The third-order valence-electron chi connectivity index (χ3n) is 5.87. The Morgan fingerprint density at radius 1 is 1.12 bits per heavy atom. The maximum Gasteiger partial charge on any atom is 0.0230 e. The lowest BCUT2D eigenvalue weighted by Crippen LogP contribution is -2.56. The number of hydrogen-bond donors (Lipinski definition) is 1. The fourth-order valence-electron chi connectivity index (χ4n) is 4.80. The number of nitrogens with one attached hydrogen (secondary N) is 1. The van der Waals surface area contributed by atoms with Gasteiger partial charge in [-0.25, -0.2) is 0 Å². The van der Waals surface area contributed by atoms with Crippen molar-refractivity contribution in [1.82, 2.24) is 15.1 Å². The van der Waals surface area contributed by atoms with Crippen LogP contribution >= 0.6 is 0 Å². The van der Waals surface area contributed by atoms with Crippen LogP contribution in [0.15, 0.2) is 30.3 Å². The van der Waals surface area contributed by atoms with Gasteiger partial charge in [0.15, 0.2) is 0 Å². The maximum absolute atomic E-state index is 3.70. The van der Waals surface area contributed by atoms with E-state index in [0.29, 0.717) is 0 Å². The first-order valence-corrected chi connectivity index (χ1v) is 9.98. The highest BCUT2D eigenvalue weighted by Gasteiger charge is 2.37. The average Bonchev–Trinajstić information content (AvgIpc) is 2.56. The van der Waals surface area contributed by atoms with Gasteiger partial charge in [-0.15, -0.1) is 0 Å². The Labute approximate surface area is 148 Å². The maximum atomic E-state index is 3.70. The normalized spacial score (nSPS) is 27.5. The standard InChI is InChI=1S/C21H35N3/c1-3-22-19-15-20-11-7-12-21(16-19)24(20)14-8-13-23(2)17-18-9-5-4-6-10-18/h4-6,9-10,19-22H,3,7-8,11-17H2,1-2H3. The quantitative estimate of drug-likeness (QED) is 0.787. The Balaban J connectivity index is 1.43. The molecule has 0 aromatic heterocycles. The molecule has 2 fully saturated rings. The number of piperidine rings is 2. The van der Waals surface area contributed by atoms with Crippen LogP contribution in [0.4, 0.5) is 0 Å². The molecule has 3 rings (SSSR count). The molecule has 0 aliphatic carbocycles. The van der Waals surface area contributed by atoms with Gasteiger partial charge in [-0.3, -0.25) is 4.90 Å². The molecule has 1 aromatic rings. The summed E-state index contributed by atoms with van der Waals surface area (Å²) in [6.07, 6.45) is 8.30. The summed E-state index contributed by atoms with van der Waals surface area (Å²) in [6.45, 7) is 6.91. The molecule has 134 valence electrons. The van der Waals surface area contributed by atoms with Crippen molar-refractivity contribution in [3.05, 3.63) is 35.9 Å². The van der Waals surface area contributed by atoms with E-state index in [1.807, 2.05) is 0 Å². The van der Waals surface area contributed by atoms with Crippen molar-refractivity contribution >= 4 is 0 Å². The Kier molecular flexibility index (Phi) is 6.70.